The van der Waals surface area contributed by atoms with E-state index >= 15 is 0 Å². The summed E-state index contributed by atoms with van der Waals surface area (Å²) >= 11 is 0. The van der Waals surface area contributed by atoms with Gasteiger partial charge in [0.2, 0.25) is 5.88 Å². The Kier molecular flexibility index (Phi) is 11.7. The normalized spacial score (nSPS) is 15.2. The first-order valence-electron chi connectivity index (χ1n) is 9.98. The van der Waals surface area contributed by atoms with Crippen LogP contribution >= 0.6 is 0 Å². The molecule has 1 atom stereocenters. The predicted octanol–water partition coefficient (Wildman–Crippen LogP) is 6.51. The predicted molar refractivity (Wildman–Crippen MR) is 100 cm³/mol. The minimum Gasteiger partial charge on any atom is -0.361 e. The largest absolute Gasteiger partial charge is 0.361 e. The van der Waals surface area contributed by atoms with Gasteiger partial charge in [-0.25, -0.2) is 5.48 Å². The van der Waals surface area contributed by atoms with Gasteiger partial charge in [0.1, 0.15) is 5.84 Å². The molecule has 0 saturated carbocycles. The van der Waals surface area contributed by atoms with Crippen LogP contribution in [-0.2, 0) is 4.84 Å². The molecule has 1 rings (SSSR count). The monoisotopic (exact) mass is 322 g/mol. The number of nitrogens with one attached hydrogen (secondary N) is 1. The zero-order valence-electron chi connectivity index (χ0n) is 15.5. The van der Waals surface area contributed by atoms with E-state index in [1.807, 2.05) is 0 Å². The standard InChI is InChI=1S/C20H38N2O/c1-4-6-7-8-9-10-11-12-13-14-15-16-17-19(5-2)20-21-18(3)23-22-20/h19H,3-17H2,1-2H3,(H,21,22). The average Bonchev–Trinajstić information content (AvgIpc) is 2.98. The number of rotatable bonds is 15. The van der Waals surface area contributed by atoms with E-state index in [-0.39, 0.29) is 0 Å². The van der Waals surface area contributed by atoms with E-state index in [0.29, 0.717) is 11.8 Å². The molecule has 3 nitrogen and oxygen atoms in total. The van der Waals surface area contributed by atoms with Crippen LogP contribution in [0, 0.1) is 5.92 Å². The van der Waals surface area contributed by atoms with E-state index in [4.69, 9.17) is 4.84 Å². The Labute approximate surface area is 143 Å². The minimum atomic E-state index is 0.494. The number of unbranched alkanes of at least 4 members (excludes halogenated alkanes) is 11. The van der Waals surface area contributed by atoms with E-state index < -0.39 is 0 Å². The van der Waals surface area contributed by atoms with Crippen LogP contribution in [0.5, 0.6) is 0 Å². The molecule has 1 N–H and O–H groups in total. The second kappa shape index (κ2) is 13.4. The Balaban J connectivity index is 1.89. The number of nitrogens with zero attached hydrogens (tertiary/aromatic N) is 1. The van der Waals surface area contributed by atoms with Gasteiger partial charge in [0, 0.05) is 5.92 Å². The zero-order chi connectivity index (χ0) is 16.8. The highest BCUT2D eigenvalue weighted by Gasteiger charge is 2.19. The maximum atomic E-state index is 5.11. The summed E-state index contributed by atoms with van der Waals surface area (Å²) in [5, 5.41) is 0. The van der Waals surface area contributed by atoms with E-state index in [1.54, 1.807) is 0 Å². The lowest BCUT2D eigenvalue weighted by Gasteiger charge is -2.13. The highest BCUT2D eigenvalue weighted by atomic mass is 16.7. The summed E-state index contributed by atoms with van der Waals surface area (Å²) < 4.78 is 0. The highest BCUT2D eigenvalue weighted by molar-refractivity contribution is 5.85. The van der Waals surface area contributed by atoms with Crippen molar-refractivity contribution in [3.63, 3.8) is 0 Å². The first-order chi connectivity index (χ1) is 11.3. The van der Waals surface area contributed by atoms with Gasteiger partial charge in [-0.05, 0) is 19.4 Å². The van der Waals surface area contributed by atoms with Crippen LogP contribution in [0.4, 0.5) is 0 Å². The van der Waals surface area contributed by atoms with Crippen LogP contribution < -0.4 is 5.48 Å². The van der Waals surface area contributed by atoms with Gasteiger partial charge in [-0.2, -0.15) is 4.99 Å². The summed E-state index contributed by atoms with van der Waals surface area (Å²) in [6, 6.07) is 0. The molecule has 0 radical (unpaired) electrons. The molecular formula is C20H38N2O. The van der Waals surface area contributed by atoms with Crippen molar-refractivity contribution in [2.45, 2.75) is 104 Å². The third kappa shape index (κ3) is 9.68. The molecule has 1 aliphatic heterocycles. The molecule has 1 aliphatic rings. The summed E-state index contributed by atoms with van der Waals surface area (Å²) in [7, 11) is 0. The van der Waals surface area contributed by atoms with Gasteiger partial charge in [0.25, 0.3) is 0 Å². The van der Waals surface area contributed by atoms with Crippen molar-refractivity contribution in [2.75, 3.05) is 0 Å². The molecule has 0 bridgehead atoms. The Morgan fingerprint density at radius 1 is 0.870 bits per heavy atom. The van der Waals surface area contributed by atoms with Crippen molar-refractivity contribution in [3.05, 3.63) is 12.5 Å². The van der Waals surface area contributed by atoms with Gasteiger partial charge in [-0.1, -0.05) is 90.9 Å². The lowest BCUT2D eigenvalue weighted by atomic mass is 9.96. The molecule has 3 heteroatoms. The van der Waals surface area contributed by atoms with E-state index in [0.717, 1.165) is 12.3 Å². The lowest BCUT2D eigenvalue weighted by Crippen LogP contribution is -2.25. The Morgan fingerprint density at radius 2 is 1.39 bits per heavy atom. The highest BCUT2D eigenvalue weighted by Crippen LogP contribution is 2.19. The maximum Gasteiger partial charge on any atom is 0.240 e. The summed E-state index contributed by atoms with van der Waals surface area (Å²) in [4.78, 5) is 9.44. The van der Waals surface area contributed by atoms with Crippen molar-refractivity contribution in [3.8, 4) is 0 Å². The van der Waals surface area contributed by atoms with Crippen LogP contribution in [0.2, 0.25) is 0 Å². The fourth-order valence-electron chi connectivity index (χ4n) is 3.23. The van der Waals surface area contributed by atoms with Crippen LogP contribution in [0.15, 0.2) is 17.5 Å². The number of amidine groups is 1. The van der Waals surface area contributed by atoms with Gasteiger partial charge < -0.3 is 4.84 Å². The van der Waals surface area contributed by atoms with Gasteiger partial charge in [0.15, 0.2) is 0 Å². The lowest BCUT2D eigenvalue weighted by molar-refractivity contribution is 0.175. The molecule has 23 heavy (non-hydrogen) atoms. The van der Waals surface area contributed by atoms with Gasteiger partial charge in [-0.3, -0.25) is 0 Å². The van der Waals surface area contributed by atoms with Crippen molar-refractivity contribution in [1.29, 1.82) is 0 Å². The molecular weight excluding hydrogens is 284 g/mol. The van der Waals surface area contributed by atoms with Crippen molar-refractivity contribution < 1.29 is 4.84 Å². The molecule has 0 amide bonds. The second-order valence-corrected chi connectivity index (χ2v) is 6.88. The van der Waals surface area contributed by atoms with Gasteiger partial charge in [-0.15, -0.1) is 0 Å². The Bertz CT molecular complexity index is 339. The number of hydroxylamine groups is 1. The van der Waals surface area contributed by atoms with E-state index in [1.165, 1.54) is 83.5 Å². The molecule has 0 fully saturated rings. The smallest absolute Gasteiger partial charge is 0.240 e. The second-order valence-electron chi connectivity index (χ2n) is 6.88. The Hall–Kier alpha value is -0.990. The SMILES string of the molecule is C=C1N=C(C(CC)CCCCCCCCCCCCCC)NO1. The maximum absolute atomic E-state index is 5.11. The van der Waals surface area contributed by atoms with Gasteiger partial charge in [0.05, 0.1) is 0 Å². The third-order valence-corrected chi connectivity index (χ3v) is 4.80. The third-order valence-electron chi connectivity index (χ3n) is 4.80. The minimum absolute atomic E-state index is 0.494. The summed E-state index contributed by atoms with van der Waals surface area (Å²) in [6.07, 6.45) is 19.1. The van der Waals surface area contributed by atoms with Crippen molar-refractivity contribution in [1.82, 2.24) is 5.48 Å². The topological polar surface area (TPSA) is 33.6 Å². The molecule has 1 heterocycles. The molecule has 134 valence electrons. The van der Waals surface area contributed by atoms with Gasteiger partial charge >= 0.3 is 0 Å². The molecule has 0 aromatic carbocycles. The molecule has 0 aliphatic carbocycles. The summed E-state index contributed by atoms with van der Waals surface area (Å²) in [5.74, 6) is 1.96. The quantitative estimate of drug-likeness (QED) is 0.349. The van der Waals surface area contributed by atoms with E-state index in [9.17, 15) is 0 Å². The number of hydrogen-bond acceptors (Lipinski definition) is 3. The van der Waals surface area contributed by atoms with Crippen LogP contribution in [-0.4, -0.2) is 5.84 Å². The summed E-state index contributed by atoms with van der Waals surface area (Å²) in [5.41, 5.74) is 2.90. The van der Waals surface area contributed by atoms with Crippen LogP contribution in [0.25, 0.3) is 0 Å². The first kappa shape index (κ1) is 20.1. The van der Waals surface area contributed by atoms with E-state index in [2.05, 4.69) is 30.9 Å². The van der Waals surface area contributed by atoms with Crippen LogP contribution in [0.1, 0.15) is 104 Å². The molecule has 1 unspecified atom stereocenters. The first-order valence-corrected chi connectivity index (χ1v) is 9.98. The molecule has 0 saturated heterocycles. The molecule has 0 aromatic heterocycles. The number of hydrogen-bond donors (Lipinski definition) is 1. The van der Waals surface area contributed by atoms with Crippen LogP contribution in [0.3, 0.4) is 0 Å². The summed E-state index contributed by atoms with van der Waals surface area (Å²) in [6.45, 7) is 8.22. The zero-order valence-corrected chi connectivity index (χ0v) is 15.5. The number of aliphatic imine (C=N–C) groups is 1. The van der Waals surface area contributed by atoms with Crippen molar-refractivity contribution >= 4 is 5.84 Å². The molecule has 0 spiro atoms. The fourth-order valence-corrected chi connectivity index (χ4v) is 3.23. The fraction of sp³-hybridized carbons (Fsp3) is 0.850. The molecule has 0 aromatic rings. The average molecular weight is 323 g/mol. The van der Waals surface area contributed by atoms with Crippen molar-refractivity contribution in [2.24, 2.45) is 10.9 Å². The Morgan fingerprint density at radius 3 is 1.83 bits per heavy atom.